The molecule has 0 aromatic rings. The van der Waals surface area contributed by atoms with Crippen LogP contribution in [0.1, 0.15) is 19.8 Å². The van der Waals surface area contributed by atoms with E-state index < -0.39 is 6.10 Å². The zero-order chi connectivity index (χ0) is 13.1. The molecule has 0 radical (unpaired) electrons. The highest BCUT2D eigenvalue weighted by Crippen LogP contribution is 2.23. The SMILES string of the molecule is CC1CCC(C(N)=O)CN1C(=O)C1CNCCO1.Cl. The third kappa shape index (κ3) is 3.81. The minimum absolute atomic E-state index is 0. The van der Waals surface area contributed by atoms with E-state index in [1.165, 1.54) is 0 Å². The van der Waals surface area contributed by atoms with Crippen LogP contribution in [-0.2, 0) is 14.3 Å². The van der Waals surface area contributed by atoms with Gasteiger partial charge in [-0.25, -0.2) is 0 Å². The molecule has 110 valence electrons. The molecule has 3 atom stereocenters. The number of hydrogen-bond acceptors (Lipinski definition) is 4. The highest BCUT2D eigenvalue weighted by molar-refractivity contribution is 5.85. The first-order valence-corrected chi connectivity index (χ1v) is 6.51. The maximum absolute atomic E-state index is 12.3. The topological polar surface area (TPSA) is 84.7 Å². The molecule has 6 nitrogen and oxygen atoms in total. The van der Waals surface area contributed by atoms with E-state index in [2.05, 4.69) is 5.32 Å². The van der Waals surface area contributed by atoms with Crippen molar-refractivity contribution in [1.82, 2.24) is 10.2 Å². The van der Waals surface area contributed by atoms with Crippen LogP contribution < -0.4 is 11.1 Å². The van der Waals surface area contributed by atoms with Crippen molar-refractivity contribution in [3.8, 4) is 0 Å². The monoisotopic (exact) mass is 291 g/mol. The lowest BCUT2D eigenvalue weighted by Crippen LogP contribution is -2.55. The summed E-state index contributed by atoms with van der Waals surface area (Å²) in [6.45, 7) is 4.31. The van der Waals surface area contributed by atoms with Crippen LogP contribution in [0.25, 0.3) is 0 Å². The van der Waals surface area contributed by atoms with Crippen molar-refractivity contribution in [1.29, 1.82) is 0 Å². The Bertz CT molecular complexity index is 334. The molecule has 7 heteroatoms. The Balaban J connectivity index is 0.00000180. The van der Waals surface area contributed by atoms with Gasteiger partial charge in [0, 0.05) is 25.7 Å². The summed E-state index contributed by atoms with van der Waals surface area (Å²) >= 11 is 0. The van der Waals surface area contributed by atoms with Gasteiger partial charge in [-0.3, -0.25) is 9.59 Å². The first-order valence-electron chi connectivity index (χ1n) is 6.51. The number of ether oxygens (including phenoxy) is 1. The Labute approximate surface area is 119 Å². The molecule has 0 saturated carbocycles. The van der Waals surface area contributed by atoms with Crippen molar-refractivity contribution in [3.05, 3.63) is 0 Å². The molecule has 0 aliphatic carbocycles. The number of likely N-dealkylation sites (tertiary alicyclic amines) is 1. The second-order valence-electron chi connectivity index (χ2n) is 5.08. The van der Waals surface area contributed by atoms with Gasteiger partial charge in [-0.1, -0.05) is 0 Å². The smallest absolute Gasteiger partial charge is 0.253 e. The largest absolute Gasteiger partial charge is 0.369 e. The van der Waals surface area contributed by atoms with Crippen LogP contribution in [0.5, 0.6) is 0 Å². The number of primary amides is 1. The zero-order valence-electron chi connectivity index (χ0n) is 11.1. The maximum atomic E-state index is 12.3. The average Bonchev–Trinajstić information content (AvgIpc) is 2.39. The number of amides is 2. The van der Waals surface area contributed by atoms with E-state index >= 15 is 0 Å². The molecular formula is C12H22ClN3O3. The number of carbonyl (C=O) groups is 2. The standard InChI is InChI=1S/C12H21N3O3.ClH/c1-8-2-3-9(11(13)16)7-15(8)12(17)10-6-14-4-5-18-10;/h8-10,14H,2-7H2,1H3,(H2,13,16);1H. The quantitative estimate of drug-likeness (QED) is 0.719. The summed E-state index contributed by atoms with van der Waals surface area (Å²) in [5.74, 6) is -0.565. The van der Waals surface area contributed by atoms with Crippen LogP contribution in [0.15, 0.2) is 0 Å². The predicted molar refractivity (Wildman–Crippen MR) is 73.0 cm³/mol. The lowest BCUT2D eigenvalue weighted by molar-refractivity contribution is -0.150. The van der Waals surface area contributed by atoms with E-state index in [0.717, 1.165) is 19.4 Å². The minimum Gasteiger partial charge on any atom is -0.369 e. The molecule has 0 spiro atoms. The summed E-state index contributed by atoms with van der Waals surface area (Å²) in [5, 5.41) is 3.14. The van der Waals surface area contributed by atoms with Crippen LogP contribution in [0.3, 0.4) is 0 Å². The van der Waals surface area contributed by atoms with Crippen LogP contribution in [0.4, 0.5) is 0 Å². The lowest BCUT2D eigenvalue weighted by atomic mass is 9.92. The molecule has 2 amide bonds. The molecule has 2 aliphatic rings. The lowest BCUT2D eigenvalue weighted by Gasteiger charge is -2.39. The number of morpholine rings is 1. The number of halogens is 1. The summed E-state index contributed by atoms with van der Waals surface area (Å²) in [7, 11) is 0. The molecule has 2 rings (SSSR count). The van der Waals surface area contributed by atoms with Crippen LogP contribution >= 0.6 is 12.4 Å². The second-order valence-corrected chi connectivity index (χ2v) is 5.08. The van der Waals surface area contributed by atoms with Crippen LogP contribution in [-0.4, -0.2) is 55.1 Å². The molecule has 0 bridgehead atoms. The van der Waals surface area contributed by atoms with Crippen molar-refractivity contribution < 1.29 is 14.3 Å². The molecule has 2 fully saturated rings. The summed E-state index contributed by atoms with van der Waals surface area (Å²) in [5.41, 5.74) is 5.33. The minimum atomic E-state index is -0.423. The third-order valence-corrected chi connectivity index (χ3v) is 3.77. The van der Waals surface area contributed by atoms with E-state index in [1.807, 2.05) is 6.92 Å². The Morgan fingerprint density at radius 1 is 1.37 bits per heavy atom. The predicted octanol–water partition coefficient (Wildman–Crippen LogP) is -0.491. The number of piperidine rings is 1. The highest BCUT2D eigenvalue weighted by atomic mass is 35.5. The maximum Gasteiger partial charge on any atom is 0.253 e. The van der Waals surface area contributed by atoms with E-state index in [4.69, 9.17) is 10.5 Å². The van der Waals surface area contributed by atoms with Gasteiger partial charge < -0.3 is 20.7 Å². The van der Waals surface area contributed by atoms with E-state index in [-0.39, 0.29) is 36.2 Å². The molecule has 3 N–H and O–H groups in total. The number of carbonyl (C=O) groups excluding carboxylic acids is 2. The van der Waals surface area contributed by atoms with Gasteiger partial charge in [-0.05, 0) is 19.8 Å². The summed E-state index contributed by atoms with van der Waals surface area (Å²) in [6, 6.07) is 0.152. The fraction of sp³-hybridized carbons (Fsp3) is 0.833. The molecule has 3 unspecified atom stereocenters. The molecule has 0 aromatic carbocycles. The number of nitrogens with one attached hydrogen (secondary N) is 1. The number of nitrogens with zero attached hydrogens (tertiary/aromatic N) is 1. The van der Waals surface area contributed by atoms with Crippen LogP contribution in [0.2, 0.25) is 0 Å². The van der Waals surface area contributed by atoms with Gasteiger partial charge in [0.2, 0.25) is 5.91 Å². The first-order chi connectivity index (χ1) is 8.59. The Kier molecular flexibility index (Phi) is 6.03. The van der Waals surface area contributed by atoms with Crippen LogP contribution in [0, 0.1) is 5.92 Å². The Morgan fingerprint density at radius 2 is 2.11 bits per heavy atom. The Hall–Kier alpha value is -0.850. The van der Waals surface area contributed by atoms with E-state index in [0.29, 0.717) is 19.7 Å². The zero-order valence-corrected chi connectivity index (χ0v) is 11.9. The third-order valence-electron chi connectivity index (χ3n) is 3.77. The molecule has 2 aliphatic heterocycles. The normalized spacial score (nSPS) is 31.4. The fourth-order valence-electron chi connectivity index (χ4n) is 2.56. The Morgan fingerprint density at radius 3 is 2.68 bits per heavy atom. The van der Waals surface area contributed by atoms with Gasteiger partial charge in [-0.2, -0.15) is 0 Å². The summed E-state index contributed by atoms with van der Waals surface area (Å²) < 4.78 is 5.47. The van der Waals surface area contributed by atoms with Gasteiger partial charge >= 0.3 is 0 Å². The summed E-state index contributed by atoms with van der Waals surface area (Å²) in [6.07, 6.45) is 1.16. The first kappa shape index (κ1) is 16.2. The molecule has 2 saturated heterocycles. The van der Waals surface area contributed by atoms with Crippen molar-refractivity contribution in [2.75, 3.05) is 26.2 Å². The van der Waals surface area contributed by atoms with Gasteiger partial charge in [-0.15, -0.1) is 12.4 Å². The molecular weight excluding hydrogens is 270 g/mol. The molecule has 2 heterocycles. The van der Waals surface area contributed by atoms with Crippen molar-refractivity contribution in [2.24, 2.45) is 11.7 Å². The second kappa shape index (κ2) is 7.07. The van der Waals surface area contributed by atoms with Crippen molar-refractivity contribution in [2.45, 2.75) is 31.9 Å². The van der Waals surface area contributed by atoms with E-state index in [1.54, 1.807) is 4.90 Å². The van der Waals surface area contributed by atoms with Gasteiger partial charge in [0.1, 0.15) is 6.10 Å². The van der Waals surface area contributed by atoms with Gasteiger partial charge in [0.15, 0.2) is 0 Å². The highest BCUT2D eigenvalue weighted by Gasteiger charge is 2.35. The summed E-state index contributed by atoms with van der Waals surface area (Å²) in [4.78, 5) is 25.3. The van der Waals surface area contributed by atoms with Gasteiger partial charge in [0.25, 0.3) is 5.91 Å². The average molecular weight is 292 g/mol. The van der Waals surface area contributed by atoms with E-state index in [9.17, 15) is 9.59 Å². The number of rotatable bonds is 2. The number of nitrogens with two attached hydrogens (primary N) is 1. The molecule has 0 aromatic heterocycles. The number of hydrogen-bond donors (Lipinski definition) is 2. The van der Waals surface area contributed by atoms with Gasteiger partial charge in [0.05, 0.1) is 12.5 Å². The van der Waals surface area contributed by atoms with Crippen molar-refractivity contribution in [3.63, 3.8) is 0 Å². The molecule has 19 heavy (non-hydrogen) atoms. The fourth-order valence-corrected chi connectivity index (χ4v) is 2.56. The van der Waals surface area contributed by atoms with Crippen molar-refractivity contribution >= 4 is 24.2 Å².